The van der Waals surface area contributed by atoms with E-state index >= 15 is 0 Å². The largest absolute Gasteiger partial charge is 0.480 e. The Morgan fingerprint density at radius 3 is 2.74 bits per heavy atom. The zero-order chi connectivity index (χ0) is 16.6. The average molecular weight is 344 g/mol. The third kappa shape index (κ3) is 3.09. The van der Waals surface area contributed by atoms with Crippen molar-refractivity contribution in [3.63, 3.8) is 0 Å². The number of fused-ring (bicyclic) bond motifs is 1. The molecule has 3 aromatic rings. The van der Waals surface area contributed by atoms with Crippen LogP contribution in [0.2, 0.25) is 0 Å². The highest BCUT2D eigenvalue weighted by atomic mass is 32.2. The van der Waals surface area contributed by atoms with Gasteiger partial charge in [0.05, 0.1) is 5.39 Å². The maximum absolute atomic E-state index is 11.2. The highest BCUT2D eigenvalue weighted by Crippen LogP contribution is 2.39. The van der Waals surface area contributed by atoms with E-state index in [0.717, 1.165) is 26.4 Å². The van der Waals surface area contributed by atoms with Gasteiger partial charge in [-0.1, -0.05) is 30.0 Å². The molecule has 1 atom stereocenters. The Morgan fingerprint density at radius 2 is 2.04 bits per heavy atom. The van der Waals surface area contributed by atoms with Crippen LogP contribution in [0.5, 0.6) is 0 Å². The monoisotopic (exact) mass is 344 g/mol. The van der Waals surface area contributed by atoms with Gasteiger partial charge in [-0.05, 0) is 37.5 Å². The smallest absolute Gasteiger partial charge is 0.316 e. The Bertz CT molecular complexity index is 889. The second kappa shape index (κ2) is 6.29. The van der Waals surface area contributed by atoms with E-state index in [4.69, 9.17) is 5.11 Å². The van der Waals surface area contributed by atoms with E-state index in [0.29, 0.717) is 0 Å². The van der Waals surface area contributed by atoms with Crippen molar-refractivity contribution in [1.82, 2.24) is 9.97 Å². The highest BCUT2D eigenvalue weighted by Gasteiger charge is 2.19. The third-order valence-electron chi connectivity index (χ3n) is 3.79. The molecule has 0 bridgehead atoms. The van der Waals surface area contributed by atoms with Crippen LogP contribution in [-0.2, 0) is 4.79 Å². The molecule has 2 aromatic heterocycles. The highest BCUT2D eigenvalue weighted by molar-refractivity contribution is 8.00. The summed E-state index contributed by atoms with van der Waals surface area (Å²) < 4.78 is 0. The van der Waals surface area contributed by atoms with Gasteiger partial charge >= 0.3 is 5.97 Å². The summed E-state index contributed by atoms with van der Waals surface area (Å²) in [5.41, 5.74) is 4.65. The quantitative estimate of drug-likeness (QED) is 0.556. The number of rotatable bonds is 4. The zero-order valence-electron chi connectivity index (χ0n) is 13.0. The van der Waals surface area contributed by atoms with Crippen molar-refractivity contribution in [3.05, 3.63) is 41.0 Å². The summed E-state index contributed by atoms with van der Waals surface area (Å²) in [4.78, 5) is 20.7. The van der Waals surface area contributed by atoms with Crippen LogP contribution in [0, 0.1) is 13.8 Å². The molecule has 0 aliphatic heterocycles. The molecule has 0 spiro atoms. The first-order valence-corrected chi connectivity index (χ1v) is 8.92. The van der Waals surface area contributed by atoms with Crippen molar-refractivity contribution < 1.29 is 9.90 Å². The standard InChI is InChI=1S/C17H16N2O2S2/c1-9-4-5-12(6-10(9)2)13-7-22-15-14(13)16(19-8-18-15)23-11(3)17(20)21/h4-8,11H,1-3H3,(H,20,21)/t11-/m0/s1. The van der Waals surface area contributed by atoms with Crippen LogP contribution in [0.1, 0.15) is 18.1 Å². The van der Waals surface area contributed by atoms with Crippen molar-refractivity contribution in [3.8, 4) is 11.1 Å². The van der Waals surface area contributed by atoms with Gasteiger partial charge in [-0.2, -0.15) is 0 Å². The minimum absolute atomic E-state index is 0.555. The number of carboxylic acid groups (broad SMARTS) is 1. The van der Waals surface area contributed by atoms with Gasteiger partial charge in [-0.15, -0.1) is 11.3 Å². The number of hydrogen-bond acceptors (Lipinski definition) is 5. The second-order valence-electron chi connectivity index (χ2n) is 5.41. The number of carboxylic acids is 1. The Labute approximate surface area is 142 Å². The summed E-state index contributed by atoms with van der Waals surface area (Å²) in [6.07, 6.45) is 1.50. The van der Waals surface area contributed by atoms with Crippen LogP contribution >= 0.6 is 23.1 Å². The van der Waals surface area contributed by atoms with E-state index in [1.807, 2.05) is 0 Å². The van der Waals surface area contributed by atoms with Crippen molar-refractivity contribution in [2.75, 3.05) is 0 Å². The zero-order valence-corrected chi connectivity index (χ0v) is 14.7. The predicted molar refractivity (Wildman–Crippen MR) is 95.3 cm³/mol. The van der Waals surface area contributed by atoms with Gasteiger partial charge in [0.1, 0.15) is 21.4 Å². The lowest BCUT2D eigenvalue weighted by Crippen LogP contribution is -2.11. The van der Waals surface area contributed by atoms with E-state index in [9.17, 15) is 4.79 Å². The molecule has 4 nitrogen and oxygen atoms in total. The summed E-state index contributed by atoms with van der Waals surface area (Å²) in [6.45, 7) is 5.85. The molecule has 0 fully saturated rings. The maximum Gasteiger partial charge on any atom is 0.316 e. The normalized spacial score (nSPS) is 12.5. The summed E-state index contributed by atoms with van der Waals surface area (Å²) in [6, 6.07) is 6.34. The Morgan fingerprint density at radius 1 is 1.26 bits per heavy atom. The number of aromatic nitrogens is 2. The fraction of sp³-hybridized carbons (Fsp3) is 0.235. The van der Waals surface area contributed by atoms with Crippen LogP contribution in [0.25, 0.3) is 21.3 Å². The number of thioether (sulfide) groups is 1. The number of aryl methyl sites for hydroxylation is 2. The molecule has 0 saturated carbocycles. The van der Waals surface area contributed by atoms with E-state index in [2.05, 4.69) is 47.4 Å². The fourth-order valence-corrected chi connectivity index (χ4v) is 4.12. The number of benzene rings is 1. The number of nitrogens with zero attached hydrogens (tertiary/aromatic N) is 2. The first-order chi connectivity index (χ1) is 11.0. The molecule has 6 heteroatoms. The molecule has 23 heavy (non-hydrogen) atoms. The van der Waals surface area contributed by atoms with E-state index in [1.165, 1.54) is 29.2 Å². The summed E-state index contributed by atoms with van der Waals surface area (Å²) >= 11 is 2.81. The summed E-state index contributed by atoms with van der Waals surface area (Å²) in [5.74, 6) is -0.843. The second-order valence-corrected chi connectivity index (χ2v) is 7.59. The van der Waals surface area contributed by atoms with Gasteiger partial charge < -0.3 is 5.11 Å². The Hall–Kier alpha value is -1.92. The molecule has 0 unspecified atom stereocenters. The van der Waals surface area contributed by atoms with Crippen LogP contribution in [0.4, 0.5) is 0 Å². The molecule has 3 rings (SSSR count). The van der Waals surface area contributed by atoms with Crippen molar-refractivity contribution in [2.45, 2.75) is 31.0 Å². The number of carbonyl (C=O) groups is 1. The third-order valence-corrected chi connectivity index (χ3v) is 5.76. The lowest BCUT2D eigenvalue weighted by molar-refractivity contribution is -0.136. The first-order valence-electron chi connectivity index (χ1n) is 7.16. The molecular weight excluding hydrogens is 328 g/mol. The first kappa shape index (κ1) is 16.0. The molecular formula is C17H16N2O2S2. The minimum Gasteiger partial charge on any atom is -0.480 e. The maximum atomic E-state index is 11.2. The molecule has 118 valence electrons. The van der Waals surface area contributed by atoms with Crippen molar-refractivity contribution >= 4 is 39.3 Å². The predicted octanol–water partition coefficient (Wildman–Crippen LogP) is 4.54. The van der Waals surface area contributed by atoms with E-state index in [1.54, 1.807) is 18.3 Å². The van der Waals surface area contributed by atoms with E-state index < -0.39 is 11.2 Å². The molecule has 1 N–H and O–H groups in total. The van der Waals surface area contributed by atoms with Crippen LogP contribution in [0.15, 0.2) is 34.9 Å². The average Bonchev–Trinajstić information content (AvgIpc) is 2.95. The number of thiophene rings is 1. The lowest BCUT2D eigenvalue weighted by atomic mass is 10.0. The topological polar surface area (TPSA) is 63.1 Å². The lowest BCUT2D eigenvalue weighted by Gasteiger charge is -2.09. The van der Waals surface area contributed by atoms with Crippen molar-refractivity contribution in [2.24, 2.45) is 0 Å². The van der Waals surface area contributed by atoms with Gasteiger partial charge in [-0.3, -0.25) is 4.79 Å². The Kier molecular flexibility index (Phi) is 4.37. The minimum atomic E-state index is -0.843. The summed E-state index contributed by atoms with van der Waals surface area (Å²) in [7, 11) is 0. The Balaban J connectivity index is 2.14. The van der Waals surface area contributed by atoms with Crippen LogP contribution < -0.4 is 0 Å². The molecule has 0 aliphatic rings. The molecule has 0 radical (unpaired) electrons. The molecule has 0 saturated heterocycles. The van der Waals surface area contributed by atoms with Gasteiger partial charge in [-0.25, -0.2) is 9.97 Å². The molecule has 0 aliphatic carbocycles. The molecule has 1 aromatic carbocycles. The number of aliphatic carboxylic acids is 1. The van der Waals surface area contributed by atoms with Gasteiger partial charge in [0.2, 0.25) is 0 Å². The van der Waals surface area contributed by atoms with Gasteiger partial charge in [0.15, 0.2) is 0 Å². The number of hydrogen-bond donors (Lipinski definition) is 1. The molecule has 2 heterocycles. The van der Waals surface area contributed by atoms with Gasteiger partial charge in [0.25, 0.3) is 0 Å². The fourth-order valence-electron chi connectivity index (χ4n) is 2.28. The van der Waals surface area contributed by atoms with Crippen LogP contribution in [0.3, 0.4) is 0 Å². The molecule has 0 amide bonds. The van der Waals surface area contributed by atoms with Crippen molar-refractivity contribution in [1.29, 1.82) is 0 Å². The SMILES string of the molecule is Cc1ccc(-c2csc3ncnc(S[C@@H](C)C(=O)O)c23)cc1C. The summed E-state index contributed by atoms with van der Waals surface area (Å²) in [5, 5.41) is 12.3. The van der Waals surface area contributed by atoms with Crippen LogP contribution in [-0.4, -0.2) is 26.3 Å². The van der Waals surface area contributed by atoms with Gasteiger partial charge in [0, 0.05) is 10.9 Å². The van der Waals surface area contributed by atoms with E-state index in [-0.39, 0.29) is 0 Å².